The van der Waals surface area contributed by atoms with Crippen LogP contribution in [0.2, 0.25) is 0 Å². The third-order valence-corrected chi connectivity index (χ3v) is 4.14. The summed E-state index contributed by atoms with van der Waals surface area (Å²) in [6, 6.07) is 9.90. The summed E-state index contributed by atoms with van der Waals surface area (Å²) in [4.78, 5) is 4.28. The highest BCUT2D eigenvalue weighted by molar-refractivity contribution is 5.79. The molecule has 0 saturated heterocycles. The molecular formula is C20H30N4O2. The van der Waals surface area contributed by atoms with Crippen molar-refractivity contribution in [1.29, 1.82) is 0 Å². The number of hydrogen-bond acceptors (Lipinski definition) is 4. The van der Waals surface area contributed by atoms with Crippen LogP contribution in [0.15, 0.2) is 39.8 Å². The molecule has 0 aliphatic heterocycles. The van der Waals surface area contributed by atoms with Crippen LogP contribution in [-0.4, -0.2) is 31.3 Å². The average molecular weight is 358 g/mol. The molecule has 26 heavy (non-hydrogen) atoms. The van der Waals surface area contributed by atoms with Crippen LogP contribution in [0.5, 0.6) is 5.75 Å². The highest BCUT2D eigenvalue weighted by atomic mass is 16.5. The Labute approximate surface area is 156 Å². The van der Waals surface area contributed by atoms with Gasteiger partial charge in [0.05, 0.1) is 12.3 Å². The fourth-order valence-corrected chi connectivity index (χ4v) is 2.67. The number of unbranched alkanes of at least 4 members (excludes halogenated alkanes) is 1. The molecule has 0 unspecified atom stereocenters. The minimum absolute atomic E-state index is 0.673. The smallest absolute Gasteiger partial charge is 0.191 e. The molecule has 2 N–H and O–H groups in total. The van der Waals surface area contributed by atoms with Gasteiger partial charge in [-0.2, -0.15) is 0 Å². The van der Waals surface area contributed by atoms with Crippen molar-refractivity contribution in [1.82, 2.24) is 15.8 Å². The zero-order valence-corrected chi connectivity index (χ0v) is 16.0. The molecule has 0 spiro atoms. The molecule has 0 radical (unpaired) electrons. The van der Waals surface area contributed by atoms with Gasteiger partial charge in [0.2, 0.25) is 0 Å². The van der Waals surface area contributed by atoms with Crippen LogP contribution >= 0.6 is 0 Å². The number of nitrogens with zero attached hydrogens (tertiary/aromatic N) is 2. The van der Waals surface area contributed by atoms with Crippen molar-refractivity contribution < 1.29 is 9.26 Å². The predicted octanol–water partition coefficient (Wildman–Crippen LogP) is 3.32. The van der Waals surface area contributed by atoms with E-state index in [1.54, 1.807) is 7.05 Å². The Morgan fingerprint density at radius 2 is 1.92 bits per heavy atom. The third-order valence-electron chi connectivity index (χ3n) is 4.14. The summed E-state index contributed by atoms with van der Waals surface area (Å²) in [5.74, 6) is 2.66. The first-order chi connectivity index (χ1) is 12.8. The van der Waals surface area contributed by atoms with E-state index < -0.39 is 0 Å². The van der Waals surface area contributed by atoms with E-state index in [0.717, 1.165) is 67.6 Å². The second kappa shape index (κ2) is 11.2. The van der Waals surface area contributed by atoms with E-state index in [0.29, 0.717) is 6.54 Å². The summed E-state index contributed by atoms with van der Waals surface area (Å²) < 4.78 is 11.1. The summed E-state index contributed by atoms with van der Waals surface area (Å²) in [5.41, 5.74) is 2.16. The Hall–Kier alpha value is -2.50. The Morgan fingerprint density at radius 1 is 1.12 bits per heavy atom. The molecule has 6 nitrogen and oxygen atoms in total. The lowest BCUT2D eigenvalue weighted by atomic mass is 10.1. The number of aryl methyl sites for hydroxylation is 2. The molecule has 1 aromatic heterocycles. The standard InChI is InChI=1S/C20H30N4O2/c1-4-18-17(19(5-2)26-24-18)15-23-20(21-3)22-13-9-10-14-25-16-11-7-6-8-12-16/h6-8,11-12H,4-5,9-10,13-15H2,1-3H3,(H2,21,22,23). The maximum absolute atomic E-state index is 5.70. The molecule has 0 amide bonds. The molecule has 0 aliphatic rings. The molecule has 2 aromatic rings. The number of hydrogen-bond donors (Lipinski definition) is 2. The monoisotopic (exact) mass is 358 g/mol. The lowest BCUT2D eigenvalue weighted by Gasteiger charge is -2.12. The van der Waals surface area contributed by atoms with Gasteiger partial charge >= 0.3 is 0 Å². The van der Waals surface area contributed by atoms with Crippen molar-refractivity contribution in [3.63, 3.8) is 0 Å². The largest absolute Gasteiger partial charge is 0.494 e. The zero-order chi connectivity index (χ0) is 18.6. The van der Waals surface area contributed by atoms with Crippen molar-refractivity contribution in [3.8, 4) is 5.75 Å². The molecule has 0 aliphatic carbocycles. The second-order valence-corrected chi connectivity index (χ2v) is 5.96. The number of para-hydroxylation sites is 1. The van der Waals surface area contributed by atoms with E-state index in [2.05, 4.69) is 34.6 Å². The molecular weight excluding hydrogens is 328 g/mol. The number of aromatic nitrogens is 1. The van der Waals surface area contributed by atoms with E-state index in [4.69, 9.17) is 9.26 Å². The maximum Gasteiger partial charge on any atom is 0.191 e. The molecule has 6 heteroatoms. The van der Waals surface area contributed by atoms with Gasteiger partial charge in [0, 0.05) is 32.1 Å². The lowest BCUT2D eigenvalue weighted by molar-refractivity contribution is 0.307. The Morgan fingerprint density at radius 3 is 2.62 bits per heavy atom. The molecule has 2 rings (SSSR count). The van der Waals surface area contributed by atoms with Gasteiger partial charge in [-0.25, -0.2) is 0 Å². The number of rotatable bonds is 10. The average Bonchev–Trinajstić information content (AvgIpc) is 3.09. The minimum Gasteiger partial charge on any atom is -0.494 e. The van der Waals surface area contributed by atoms with Crippen molar-refractivity contribution in [2.45, 2.75) is 46.1 Å². The number of guanidine groups is 1. The zero-order valence-electron chi connectivity index (χ0n) is 16.0. The van der Waals surface area contributed by atoms with Gasteiger partial charge in [0.15, 0.2) is 5.96 Å². The van der Waals surface area contributed by atoms with Crippen LogP contribution < -0.4 is 15.4 Å². The summed E-state index contributed by atoms with van der Waals surface area (Å²) >= 11 is 0. The molecule has 0 fully saturated rings. The summed E-state index contributed by atoms with van der Waals surface area (Å²) in [5, 5.41) is 10.8. The van der Waals surface area contributed by atoms with Gasteiger partial charge in [-0.3, -0.25) is 4.99 Å². The van der Waals surface area contributed by atoms with E-state index in [1.807, 2.05) is 30.3 Å². The SMILES string of the molecule is CCc1noc(CC)c1CNC(=NC)NCCCCOc1ccccc1. The highest BCUT2D eigenvalue weighted by Crippen LogP contribution is 2.15. The minimum atomic E-state index is 0.673. The van der Waals surface area contributed by atoms with Gasteiger partial charge in [-0.05, 0) is 31.4 Å². The molecule has 1 heterocycles. The quantitative estimate of drug-likeness (QED) is 0.387. The van der Waals surface area contributed by atoms with E-state index in [1.165, 1.54) is 0 Å². The van der Waals surface area contributed by atoms with Crippen LogP contribution in [0.4, 0.5) is 0 Å². The first-order valence-corrected chi connectivity index (χ1v) is 9.37. The number of ether oxygens (including phenoxy) is 1. The predicted molar refractivity (Wildman–Crippen MR) is 105 cm³/mol. The molecule has 0 saturated carbocycles. The van der Waals surface area contributed by atoms with Crippen LogP contribution in [0.1, 0.15) is 43.7 Å². The van der Waals surface area contributed by atoms with Crippen molar-refractivity contribution >= 4 is 5.96 Å². The number of nitrogens with one attached hydrogen (secondary N) is 2. The fraction of sp³-hybridized carbons (Fsp3) is 0.500. The Kier molecular flexibility index (Phi) is 8.52. The van der Waals surface area contributed by atoms with Gasteiger partial charge in [0.1, 0.15) is 11.5 Å². The molecule has 0 bridgehead atoms. The van der Waals surface area contributed by atoms with Gasteiger partial charge < -0.3 is 19.9 Å². The molecule has 1 aromatic carbocycles. The van der Waals surface area contributed by atoms with E-state index >= 15 is 0 Å². The molecule has 142 valence electrons. The Balaban J connectivity index is 1.66. The van der Waals surface area contributed by atoms with Crippen LogP contribution in [0.25, 0.3) is 0 Å². The summed E-state index contributed by atoms with van der Waals surface area (Å²) in [6.07, 6.45) is 3.72. The normalized spacial score (nSPS) is 11.4. The van der Waals surface area contributed by atoms with Crippen LogP contribution in [0.3, 0.4) is 0 Å². The summed E-state index contributed by atoms with van der Waals surface area (Å²) in [7, 11) is 1.78. The van der Waals surface area contributed by atoms with Gasteiger partial charge in [0.25, 0.3) is 0 Å². The number of benzene rings is 1. The van der Waals surface area contributed by atoms with Gasteiger partial charge in [-0.15, -0.1) is 0 Å². The highest BCUT2D eigenvalue weighted by Gasteiger charge is 2.13. The van der Waals surface area contributed by atoms with Gasteiger partial charge in [-0.1, -0.05) is 37.2 Å². The number of aliphatic imine (C=N–C) groups is 1. The van der Waals surface area contributed by atoms with E-state index in [9.17, 15) is 0 Å². The molecule has 0 atom stereocenters. The first kappa shape index (κ1) is 19.8. The van der Waals surface area contributed by atoms with Crippen LogP contribution in [0, 0.1) is 0 Å². The van der Waals surface area contributed by atoms with Crippen molar-refractivity contribution in [2.75, 3.05) is 20.2 Å². The Bertz CT molecular complexity index is 646. The fourth-order valence-electron chi connectivity index (χ4n) is 2.67. The second-order valence-electron chi connectivity index (χ2n) is 5.96. The van der Waals surface area contributed by atoms with E-state index in [-0.39, 0.29) is 0 Å². The summed E-state index contributed by atoms with van der Waals surface area (Å²) in [6.45, 7) is 6.41. The van der Waals surface area contributed by atoms with Crippen molar-refractivity contribution in [2.24, 2.45) is 4.99 Å². The first-order valence-electron chi connectivity index (χ1n) is 9.37. The maximum atomic E-state index is 5.70. The lowest BCUT2D eigenvalue weighted by Crippen LogP contribution is -2.37. The van der Waals surface area contributed by atoms with Crippen molar-refractivity contribution in [3.05, 3.63) is 47.3 Å². The third kappa shape index (κ3) is 6.10. The van der Waals surface area contributed by atoms with Crippen LogP contribution in [-0.2, 0) is 19.4 Å². The topological polar surface area (TPSA) is 71.7 Å².